The first-order chi connectivity index (χ1) is 16.9. The van der Waals surface area contributed by atoms with Crippen molar-refractivity contribution in [3.05, 3.63) is 113 Å². The van der Waals surface area contributed by atoms with Crippen LogP contribution in [0.1, 0.15) is 52.7 Å². The monoisotopic (exact) mass is 466 g/mol. The van der Waals surface area contributed by atoms with Crippen molar-refractivity contribution < 1.29 is 19.0 Å². The number of ether oxygens (including phenoxy) is 3. The van der Waals surface area contributed by atoms with Crippen LogP contribution in [0, 0.1) is 11.3 Å². The SMILES string of the molecule is C=CCOc1ccc(C(=O)Oc2ccc3c(c2)OC(N)=C(C#N)C3c2ccc(C(C)C)cc2)cc1. The van der Waals surface area contributed by atoms with Crippen LogP contribution in [0.5, 0.6) is 17.2 Å². The lowest BCUT2D eigenvalue weighted by molar-refractivity contribution is 0.0734. The first-order valence-corrected chi connectivity index (χ1v) is 11.3. The van der Waals surface area contributed by atoms with Crippen LogP contribution in [0.4, 0.5) is 0 Å². The number of hydrogen-bond donors (Lipinski definition) is 1. The maximum Gasteiger partial charge on any atom is 0.343 e. The number of esters is 1. The zero-order chi connectivity index (χ0) is 24.9. The number of fused-ring (bicyclic) bond motifs is 1. The Balaban J connectivity index is 1.59. The van der Waals surface area contributed by atoms with Crippen LogP contribution in [0.2, 0.25) is 0 Å². The summed E-state index contributed by atoms with van der Waals surface area (Å²) in [5.74, 6) is 0.926. The molecule has 0 aromatic heterocycles. The minimum atomic E-state index is -0.516. The molecular formula is C29H26N2O4. The topological polar surface area (TPSA) is 94.6 Å². The smallest absolute Gasteiger partial charge is 0.343 e. The first-order valence-electron chi connectivity index (χ1n) is 11.3. The van der Waals surface area contributed by atoms with Crippen molar-refractivity contribution >= 4 is 5.97 Å². The van der Waals surface area contributed by atoms with E-state index in [0.29, 0.717) is 40.9 Å². The summed E-state index contributed by atoms with van der Waals surface area (Å²) >= 11 is 0. The van der Waals surface area contributed by atoms with Crippen molar-refractivity contribution in [2.45, 2.75) is 25.7 Å². The quantitative estimate of drug-likeness (QED) is 0.268. The number of nitrogens with zero attached hydrogens (tertiary/aromatic N) is 1. The summed E-state index contributed by atoms with van der Waals surface area (Å²) in [6.45, 7) is 8.25. The molecule has 3 aromatic rings. The zero-order valence-corrected chi connectivity index (χ0v) is 19.7. The van der Waals surface area contributed by atoms with Gasteiger partial charge in [-0.15, -0.1) is 0 Å². The van der Waals surface area contributed by atoms with E-state index < -0.39 is 5.97 Å². The molecule has 0 amide bonds. The van der Waals surface area contributed by atoms with Gasteiger partial charge in [0.1, 0.15) is 35.5 Å². The highest BCUT2D eigenvalue weighted by Gasteiger charge is 2.31. The first kappa shape index (κ1) is 23.7. The van der Waals surface area contributed by atoms with Crippen LogP contribution in [-0.2, 0) is 0 Å². The van der Waals surface area contributed by atoms with Crippen LogP contribution in [-0.4, -0.2) is 12.6 Å². The maximum atomic E-state index is 12.6. The predicted octanol–water partition coefficient (Wildman–Crippen LogP) is 5.81. The largest absolute Gasteiger partial charge is 0.490 e. The van der Waals surface area contributed by atoms with Crippen molar-refractivity contribution in [2.24, 2.45) is 5.73 Å². The Morgan fingerprint density at radius 2 is 1.80 bits per heavy atom. The molecule has 0 saturated heterocycles. The molecule has 0 radical (unpaired) electrons. The van der Waals surface area contributed by atoms with E-state index in [4.69, 9.17) is 19.9 Å². The van der Waals surface area contributed by atoms with Gasteiger partial charge in [-0.25, -0.2) is 4.79 Å². The Kier molecular flexibility index (Phi) is 6.88. The Bertz CT molecular complexity index is 1320. The van der Waals surface area contributed by atoms with E-state index in [1.54, 1.807) is 48.5 Å². The molecule has 35 heavy (non-hydrogen) atoms. The molecule has 6 heteroatoms. The summed E-state index contributed by atoms with van der Waals surface area (Å²) in [4.78, 5) is 12.6. The summed E-state index contributed by atoms with van der Waals surface area (Å²) in [6, 6.07) is 22.1. The number of nitriles is 1. The third-order valence-electron chi connectivity index (χ3n) is 5.80. The minimum absolute atomic E-state index is 0.0384. The van der Waals surface area contributed by atoms with Crippen LogP contribution in [0.15, 0.2) is 90.8 Å². The number of rotatable bonds is 7. The standard InChI is InChI=1S/C29H26N2O4/c1-4-15-33-22-11-9-21(10-12-22)29(32)34-23-13-14-24-26(16-23)35-28(31)25(17-30)27(24)20-7-5-19(6-8-20)18(2)3/h4-14,16,18,27H,1,15,31H2,2-3H3. The lowest BCUT2D eigenvalue weighted by Gasteiger charge is -2.27. The Labute approximate surface area is 204 Å². The molecule has 4 rings (SSSR count). The minimum Gasteiger partial charge on any atom is -0.490 e. The maximum absolute atomic E-state index is 12.6. The number of hydrogen-bond acceptors (Lipinski definition) is 6. The van der Waals surface area contributed by atoms with Gasteiger partial charge in [-0.2, -0.15) is 5.26 Å². The third kappa shape index (κ3) is 5.04. The normalized spacial score (nSPS) is 14.5. The number of nitrogens with two attached hydrogens (primary N) is 1. The van der Waals surface area contributed by atoms with Crippen molar-refractivity contribution in [3.63, 3.8) is 0 Å². The van der Waals surface area contributed by atoms with Gasteiger partial charge in [-0.3, -0.25) is 0 Å². The van der Waals surface area contributed by atoms with Crippen LogP contribution >= 0.6 is 0 Å². The Hall–Kier alpha value is -4.50. The van der Waals surface area contributed by atoms with E-state index in [-0.39, 0.29) is 11.8 Å². The molecular weight excluding hydrogens is 440 g/mol. The van der Waals surface area contributed by atoms with Gasteiger partial charge in [0.15, 0.2) is 0 Å². The summed E-state index contributed by atoms with van der Waals surface area (Å²) in [5.41, 5.74) is 9.75. The molecule has 1 unspecified atom stereocenters. The van der Waals surface area contributed by atoms with Crippen molar-refractivity contribution in [1.29, 1.82) is 5.26 Å². The zero-order valence-electron chi connectivity index (χ0n) is 19.7. The van der Waals surface area contributed by atoms with E-state index in [9.17, 15) is 10.1 Å². The average Bonchev–Trinajstić information content (AvgIpc) is 2.87. The number of benzene rings is 3. The molecule has 6 nitrogen and oxygen atoms in total. The molecule has 176 valence electrons. The molecule has 0 fully saturated rings. The van der Waals surface area contributed by atoms with E-state index in [1.165, 1.54) is 5.56 Å². The van der Waals surface area contributed by atoms with Crippen LogP contribution in [0.25, 0.3) is 0 Å². The third-order valence-corrected chi connectivity index (χ3v) is 5.80. The Morgan fingerprint density at radius 3 is 2.43 bits per heavy atom. The van der Waals surface area contributed by atoms with Crippen molar-refractivity contribution in [2.75, 3.05) is 6.61 Å². The molecule has 0 spiro atoms. The predicted molar refractivity (Wildman–Crippen MR) is 133 cm³/mol. The lowest BCUT2D eigenvalue weighted by Crippen LogP contribution is -2.21. The molecule has 0 bridgehead atoms. The van der Waals surface area contributed by atoms with Crippen LogP contribution < -0.4 is 19.9 Å². The second-order valence-electron chi connectivity index (χ2n) is 8.46. The fraction of sp³-hybridized carbons (Fsp3) is 0.172. The van der Waals surface area contributed by atoms with Gasteiger partial charge in [-0.1, -0.05) is 56.8 Å². The fourth-order valence-electron chi connectivity index (χ4n) is 3.92. The van der Waals surface area contributed by atoms with Crippen molar-refractivity contribution in [1.82, 2.24) is 0 Å². The van der Waals surface area contributed by atoms with Gasteiger partial charge < -0.3 is 19.9 Å². The van der Waals surface area contributed by atoms with Gasteiger partial charge in [-0.05, 0) is 47.4 Å². The van der Waals surface area contributed by atoms with E-state index in [2.05, 4.69) is 38.6 Å². The Morgan fingerprint density at radius 1 is 1.11 bits per heavy atom. The average molecular weight is 467 g/mol. The van der Waals surface area contributed by atoms with Gasteiger partial charge in [0.05, 0.1) is 11.5 Å². The molecule has 1 heterocycles. The number of allylic oxidation sites excluding steroid dienone is 1. The molecule has 3 aromatic carbocycles. The van der Waals surface area contributed by atoms with Gasteiger partial charge in [0.25, 0.3) is 0 Å². The summed E-state index contributed by atoms with van der Waals surface area (Å²) < 4.78 is 16.7. The second-order valence-corrected chi connectivity index (χ2v) is 8.46. The number of carbonyl (C=O) groups excluding carboxylic acids is 1. The molecule has 1 atom stereocenters. The molecule has 1 aliphatic heterocycles. The molecule has 2 N–H and O–H groups in total. The molecule has 1 aliphatic rings. The summed E-state index contributed by atoms with van der Waals surface area (Å²) in [5, 5.41) is 9.78. The summed E-state index contributed by atoms with van der Waals surface area (Å²) in [6.07, 6.45) is 1.65. The van der Waals surface area contributed by atoms with Crippen molar-refractivity contribution in [3.8, 4) is 23.3 Å². The highest BCUT2D eigenvalue weighted by atomic mass is 16.5. The van der Waals surface area contributed by atoms with Gasteiger partial charge >= 0.3 is 5.97 Å². The van der Waals surface area contributed by atoms with E-state index >= 15 is 0 Å². The second kappa shape index (κ2) is 10.2. The van der Waals surface area contributed by atoms with Gasteiger partial charge in [0.2, 0.25) is 5.88 Å². The highest BCUT2D eigenvalue weighted by Crippen LogP contribution is 2.43. The van der Waals surface area contributed by atoms with Crippen LogP contribution in [0.3, 0.4) is 0 Å². The highest BCUT2D eigenvalue weighted by molar-refractivity contribution is 5.91. The molecule has 0 saturated carbocycles. The van der Waals surface area contributed by atoms with Gasteiger partial charge in [0, 0.05) is 11.6 Å². The fourth-order valence-corrected chi connectivity index (χ4v) is 3.92. The van der Waals surface area contributed by atoms with E-state index in [1.807, 2.05) is 12.1 Å². The number of carbonyl (C=O) groups is 1. The van der Waals surface area contributed by atoms with E-state index in [0.717, 1.165) is 11.1 Å². The lowest BCUT2D eigenvalue weighted by atomic mass is 9.83. The summed E-state index contributed by atoms with van der Waals surface area (Å²) in [7, 11) is 0. The molecule has 0 aliphatic carbocycles.